The second kappa shape index (κ2) is 6.92. The summed E-state index contributed by atoms with van der Waals surface area (Å²) >= 11 is 15.2. The van der Waals surface area contributed by atoms with E-state index in [4.69, 9.17) is 21.4 Å². The molecule has 0 radical (unpaired) electrons. The maximum Gasteiger partial charge on any atom is 0.213 e. The minimum Gasteiger partial charge on any atom is -0.463 e. The summed E-state index contributed by atoms with van der Waals surface area (Å²) in [4.78, 5) is 1.20. The third-order valence-electron chi connectivity index (χ3n) is 4.75. The van der Waals surface area contributed by atoms with Crippen LogP contribution >= 0.6 is 54.8 Å². The minimum atomic E-state index is -0.323. The lowest BCUT2D eigenvalue weighted by atomic mass is 9.97. The van der Waals surface area contributed by atoms with Crippen molar-refractivity contribution in [2.75, 3.05) is 0 Å². The number of thiophene rings is 1. The average Bonchev–Trinajstić information content (AvgIpc) is 3.31. The zero-order valence-electron chi connectivity index (χ0n) is 13.9. The molecule has 0 fully saturated rings. The van der Waals surface area contributed by atoms with Crippen molar-refractivity contribution in [2.45, 2.75) is 18.7 Å². The van der Waals surface area contributed by atoms with Crippen molar-refractivity contribution in [1.82, 2.24) is 5.01 Å². The number of halogens is 3. The van der Waals surface area contributed by atoms with Crippen LogP contribution in [0.25, 0.3) is 0 Å². The molecule has 0 unspecified atom stereocenters. The fraction of sp³-hybridized carbons (Fsp3) is 0.150. The summed E-state index contributed by atoms with van der Waals surface area (Å²) in [6.45, 7) is 0. The molecule has 1 aromatic heterocycles. The fourth-order valence-electron chi connectivity index (χ4n) is 3.59. The van der Waals surface area contributed by atoms with E-state index in [1.54, 1.807) is 11.3 Å². The van der Waals surface area contributed by atoms with E-state index in [9.17, 15) is 0 Å². The standard InChI is InChI=1S/C20H13Br2ClN2OS/c21-12-8-14-17-10-16(18-5-2-6-27-18)24-25(17)20(26-19(14)15(22)9-12)11-3-1-4-13(23)7-11/h1-9,17,20H,10H2/t17-,20+/m0/s1. The molecule has 3 nitrogen and oxygen atoms in total. The Hall–Kier alpha value is -1.34. The van der Waals surface area contributed by atoms with Gasteiger partial charge in [-0.15, -0.1) is 11.3 Å². The van der Waals surface area contributed by atoms with E-state index in [-0.39, 0.29) is 12.3 Å². The Morgan fingerprint density at radius 3 is 2.81 bits per heavy atom. The molecule has 0 aliphatic carbocycles. The van der Waals surface area contributed by atoms with Gasteiger partial charge in [0, 0.05) is 27.0 Å². The van der Waals surface area contributed by atoms with Gasteiger partial charge in [0.15, 0.2) is 0 Å². The van der Waals surface area contributed by atoms with Crippen LogP contribution in [0.3, 0.4) is 0 Å². The van der Waals surface area contributed by atoms with Crippen molar-refractivity contribution in [3.63, 3.8) is 0 Å². The third kappa shape index (κ3) is 3.12. The Morgan fingerprint density at radius 2 is 2.04 bits per heavy atom. The average molecular weight is 525 g/mol. The van der Waals surface area contributed by atoms with Crippen LogP contribution in [-0.2, 0) is 0 Å². The first-order valence-corrected chi connectivity index (χ1v) is 11.3. The molecule has 7 heteroatoms. The second-order valence-electron chi connectivity index (χ2n) is 6.46. The molecule has 0 spiro atoms. The Labute approximate surface area is 182 Å². The Morgan fingerprint density at radius 1 is 1.15 bits per heavy atom. The van der Waals surface area contributed by atoms with Crippen LogP contribution in [0.2, 0.25) is 5.02 Å². The summed E-state index contributed by atoms with van der Waals surface area (Å²) in [5.41, 5.74) is 3.21. The Kier molecular flexibility index (Phi) is 4.55. The van der Waals surface area contributed by atoms with E-state index in [1.807, 2.05) is 30.3 Å². The van der Waals surface area contributed by atoms with Crippen LogP contribution < -0.4 is 4.74 Å². The van der Waals surface area contributed by atoms with Gasteiger partial charge in [0.2, 0.25) is 6.23 Å². The van der Waals surface area contributed by atoms with Gasteiger partial charge in [-0.1, -0.05) is 45.7 Å². The first-order valence-electron chi connectivity index (χ1n) is 8.41. The molecule has 0 bridgehead atoms. The number of ether oxygens (including phenoxy) is 1. The number of rotatable bonds is 2. The third-order valence-corrected chi connectivity index (χ3v) is 6.95. The van der Waals surface area contributed by atoms with Crippen LogP contribution in [0.4, 0.5) is 0 Å². The summed E-state index contributed by atoms with van der Waals surface area (Å²) in [5, 5.41) is 9.81. The van der Waals surface area contributed by atoms with E-state index in [2.05, 4.69) is 60.4 Å². The van der Waals surface area contributed by atoms with Crippen molar-refractivity contribution in [3.8, 4) is 5.75 Å². The highest BCUT2D eigenvalue weighted by Crippen LogP contribution is 2.51. The first kappa shape index (κ1) is 17.7. The lowest BCUT2D eigenvalue weighted by Crippen LogP contribution is -2.33. The summed E-state index contributed by atoms with van der Waals surface area (Å²) in [6, 6.07) is 16.2. The summed E-state index contributed by atoms with van der Waals surface area (Å²) in [7, 11) is 0. The quantitative estimate of drug-likeness (QED) is 0.355. The minimum absolute atomic E-state index is 0.114. The molecular formula is C20H13Br2ClN2OS. The number of nitrogens with zero attached hydrogens (tertiary/aromatic N) is 2. The van der Waals surface area contributed by atoms with Crippen LogP contribution in [0.5, 0.6) is 5.75 Å². The van der Waals surface area contributed by atoms with Gasteiger partial charge in [-0.2, -0.15) is 5.10 Å². The molecule has 5 rings (SSSR count). The summed E-state index contributed by atoms with van der Waals surface area (Å²) in [5.74, 6) is 0.868. The Balaban J connectivity index is 1.65. The van der Waals surface area contributed by atoms with Gasteiger partial charge in [0.05, 0.1) is 21.1 Å². The largest absolute Gasteiger partial charge is 0.463 e. The van der Waals surface area contributed by atoms with E-state index < -0.39 is 0 Å². The number of benzene rings is 2. The van der Waals surface area contributed by atoms with Gasteiger partial charge in [0.1, 0.15) is 5.75 Å². The van der Waals surface area contributed by atoms with E-state index in [1.165, 1.54) is 4.88 Å². The van der Waals surface area contributed by atoms with Crippen LogP contribution in [0.1, 0.15) is 34.7 Å². The number of hydrogen-bond acceptors (Lipinski definition) is 4. The van der Waals surface area contributed by atoms with Gasteiger partial charge in [-0.3, -0.25) is 0 Å². The van der Waals surface area contributed by atoms with Gasteiger partial charge < -0.3 is 4.74 Å². The molecule has 2 aromatic carbocycles. The topological polar surface area (TPSA) is 24.8 Å². The number of fused-ring (bicyclic) bond motifs is 3. The van der Waals surface area contributed by atoms with E-state index >= 15 is 0 Å². The van der Waals surface area contributed by atoms with Crippen LogP contribution in [0, 0.1) is 0 Å². The first-order chi connectivity index (χ1) is 13.1. The van der Waals surface area contributed by atoms with Crippen molar-refractivity contribution >= 4 is 60.5 Å². The molecular weight excluding hydrogens is 512 g/mol. The number of hydrogen-bond donors (Lipinski definition) is 0. The second-order valence-corrected chi connectivity index (χ2v) is 9.61. The fourth-order valence-corrected chi connectivity index (χ4v) is 5.86. The molecule has 136 valence electrons. The van der Waals surface area contributed by atoms with Gasteiger partial charge in [-0.05, 0) is 51.6 Å². The maximum absolute atomic E-state index is 6.43. The molecule has 2 aliphatic rings. The van der Waals surface area contributed by atoms with Crippen molar-refractivity contribution in [3.05, 3.63) is 83.9 Å². The lowest BCUT2D eigenvalue weighted by molar-refractivity contribution is -0.0197. The summed E-state index contributed by atoms with van der Waals surface area (Å²) in [6.07, 6.45) is 0.521. The normalized spacial score (nSPS) is 20.7. The predicted octanol–water partition coefficient (Wildman–Crippen LogP) is 7.17. The smallest absolute Gasteiger partial charge is 0.213 e. The van der Waals surface area contributed by atoms with Gasteiger partial charge >= 0.3 is 0 Å². The highest BCUT2D eigenvalue weighted by molar-refractivity contribution is 9.11. The maximum atomic E-state index is 6.43. The highest BCUT2D eigenvalue weighted by atomic mass is 79.9. The van der Waals surface area contributed by atoms with Crippen LogP contribution in [0.15, 0.2) is 68.0 Å². The molecule has 0 amide bonds. The molecule has 27 heavy (non-hydrogen) atoms. The van der Waals surface area contributed by atoms with E-state index in [0.717, 1.165) is 38.0 Å². The van der Waals surface area contributed by atoms with Crippen molar-refractivity contribution in [2.24, 2.45) is 5.10 Å². The number of hydrazone groups is 1. The zero-order valence-corrected chi connectivity index (χ0v) is 18.6. The van der Waals surface area contributed by atoms with Crippen molar-refractivity contribution < 1.29 is 4.74 Å². The van der Waals surface area contributed by atoms with Gasteiger partial charge in [0.25, 0.3) is 0 Å². The van der Waals surface area contributed by atoms with Crippen LogP contribution in [-0.4, -0.2) is 10.7 Å². The molecule has 3 aromatic rings. The molecule has 2 atom stereocenters. The SMILES string of the molecule is Clc1cccc([C@H]2Oc3c(Br)cc(Br)cc3[C@@H]3CC(c4cccs4)=NN23)c1. The molecule has 2 aliphatic heterocycles. The van der Waals surface area contributed by atoms with Crippen molar-refractivity contribution in [1.29, 1.82) is 0 Å². The molecule has 3 heterocycles. The lowest BCUT2D eigenvalue weighted by Gasteiger charge is -2.38. The monoisotopic (exact) mass is 522 g/mol. The summed E-state index contributed by atoms with van der Waals surface area (Å²) < 4.78 is 8.38. The molecule has 0 saturated heterocycles. The Bertz CT molecular complexity index is 1050. The zero-order chi connectivity index (χ0) is 18.5. The molecule has 0 N–H and O–H groups in total. The highest BCUT2D eigenvalue weighted by Gasteiger charge is 2.42. The van der Waals surface area contributed by atoms with Gasteiger partial charge in [-0.25, -0.2) is 5.01 Å². The van der Waals surface area contributed by atoms with E-state index in [0.29, 0.717) is 5.02 Å². The predicted molar refractivity (Wildman–Crippen MR) is 117 cm³/mol. The molecule has 0 saturated carbocycles.